The first-order valence-electron chi connectivity index (χ1n) is 9.73. The second-order valence-corrected chi connectivity index (χ2v) is 7.43. The van der Waals surface area contributed by atoms with E-state index in [0.29, 0.717) is 19.8 Å². The number of carbonyl (C=O) groups is 1. The molecule has 0 spiro atoms. The molecule has 0 aliphatic carbocycles. The monoisotopic (exact) mass is 410 g/mol. The zero-order valence-corrected chi connectivity index (χ0v) is 17.9. The van der Waals surface area contributed by atoms with E-state index in [-0.39, 0.29) is 12.3 Å². The van der Waals surface area contributed by atoms with Gasteiger partial charge >= 0.3 is 0 Å². The summed E-state index contributed by atoms with van der Waals surface area (Å²) in [4.78, 5) is 19.0. The van der Waals surface area contributed by atoms with Gasteiger partial charge in [-0.3, -0.25) is 4.79 Å². The van der Waals surface area contributed by atoms with Crippen LogP contribution in [-0.2, 0) is 17.8 Å². The average molecular weight is 411 g/mol. The Bertz CT molecular complexity index is 937. The highest BCUT2D eigenvalue weighted by molar-refractivity contribution is 7.13. The van der Waals surface area contributed by atoms with Crippen molar-refractivity contribution < 1.29 is 14.3 Å². The summed E-state index contributed by atoms with van der Waals surface area (Å²) in [7, 11) is 1.82. The van der Waals surface area contributed by atoms with Crippen molar-refractivity contribution in [2.45, 2.75) is 26.8 Å². The van der Waals surface area contributed by atoms with Gasteiger partial charge in [0.1, 0.15) is 16.5 Å². The van der Waals surface area contributed by atoms with Gasteiger partial charge in [-0.1, -0.05) is 24.3 Å². The molecule has 3 aromatic rings. The van der Waals surface area contributed by atoms with E-state index in [1.54, 1.807) is 4.90 Å². The summed E-state index contributed by atoms with van der Waals surface area (Å²) >= 11 is 1.53. The van der Waals surface area contributed by atoms with Crippen LogP contribution in [0.25, 0.3) is 10.6 Å². The molecule has 1 heterocycles. The molecule has 0 unspecified atom stereocenters. The van der Waals surface area contributed by atoms with Crippen LogP contribution in [0.5, 0.6) is 11.5 Å². The number of para-hydroxylation sites is 1. The van der Waals surface area contributed by atoms with E-state index < -0.39 is 0 Å². The van der Waals surface area contributed by atoms with Crippen molar-refractivity contribution in [3.63, 3.8) is 0 Å². The van der Waals surface area contributed by atoms with E-state index in [9.17, 15) is 4.79 Å². The van der Waals surface area contributed by atoms with Gasteiger partial charge in [0.2, 0.25) is 5.91 Å². The predicted molar refractivity (Wildman–Crippen MR) is 117 cm³/mol. The molecule has 0 atom stereocenters. The van der Waals surface area contributed by atoms with E-state index in [2.05, 4.69) is 4.98 Å². The second kappa shape index (κ2) is 10.1. The molecule has 5 nitrogen and oxygen atoms in total. The van der Waals surface area contributed by atoms with Crippen LogP contribution in [-0.4, -0.2) is 36.1 Å². The fraction of sp³-hybridized carbons (Fsp3) is 0.304. The lowest BCUT2D eigenvalue weighted by molar-refractivity contribution is -0.129. The standard InChI is InChI=1S/C23H26N2O3S/c1-4-27-19-12-10-17(11-13-19)15-25(3)22(26)14-18-16-29-23(24-18)20-8-6-7-9-21(20)28-5-2/h6-13,16H,4-5,14-15H2,1-3H3. The fourth-order valence-corrected chi connectivity index (χ4v) is 3.80. The minimum absolute atomic E-state index is 0.0360. The van der Waals surface area contributed by atoms with E-state index >= 15 is 0 Å². The number of rotatable bonds is 9. The third-order valence-corrected chi connectivity index (χ3v) is 5.31. The Balaban J connectivity index is 1.62. The van der Waals surface area contributed by atoms with Crippen molar-refractivity contribution >= 4 is 17.2 Å². The zero-order chi connectivity index (χ0) is 20.6. The number of hydrogen-bond acceptors (Lipinski definition) is 5. The Hall–Kier alpha value is -2.86. The lowest BCUT2D eigenvalue weighted by atomic mass is 10.2. The number of ether oxygens (including phenoxy) is 2. The Morgan fingerprint density at radius 3 is 2.48 bits per heavy atom. The Kier molecular flexibility index (Phi) is 7.25. The molecule has 1 amide bonds. The van der Waals surface area contributed by atoms with Gasteiger partial charge in [0.05, 0.1) is 30.9 Å². The van der Waals surface area contributed by atoms with Crippen molar-refractivity contribution in [3.8, 4) is 22.1 Å². The Morgan fingerprint density at radius 1 is 1.03 bits per heavy atom. The van der Waals surface area contributed by atoms with Gasteiger partial charge in [-0.2, -0.15) is 0 Å². The summed E-state index contributed by atoms with van der Waals surface area (Å²) in [5.74, 6) is 1.69. The highest BCUT2D eigenvalue weighted by atomic mass is 32.1. The molecule has 0 fully saturated rings. The predicted octanol–water partition coefficient (Wildman–Crippen LogP) is 4.81. The minimum Gasteiger partial charge on any atom is -0.494 e. The SMILES string of the molecule is CCOc1ccc(CN(C)C(=O)Cc2csc(-c3ccccc3OCC)n2)cc1. The fourth-order valence-electron chi connectivity index (χ4n) is 2.95. The molecule has 1 aromatic heterocycles. The van der Waals surface area contributed by atoms with Crippen LogP contribution in [0.2, 0.25) is 0 Å². The molecule has 29 heavy (non-hydrogen) atoms. The number of hydrogen-bond donors (Lipinski definition) is 0. The molecule has 0 aliphatic rings. The Morgan fingerprint density at radius 2 is 1.76 bits per heavy atom. The molecule has 152 valence electrons. The van der Waals surface area contributed by atoms with Crippen molar-refractivity contribution in [2.75, 3.05) is 20.3 Å². The molecular weight excluding hydrogens is 384 g/mol. The molecule has 0 aliphatic heterocycles. The van der Waals surface area contributed by atoms with E-state index in [1.165, 1.54) is 11.3 Å². The third kappa shape index (κ3) is 5.57. The number of benzene rings is 2. The lowest BCUT2D eigenvalue weighted by Crippen LogP contribution is -2.27. The zero-order valence-electron chi connectivity index (χ0n) is 17.1. The molecule has 0 N–H and O–H groups in total. The van der Waals surface area contributed by atoms with Crippen LogP contribution < -0.4 is 9.47 Å². The summed E-state index contributed by atoms with van der Waals surface area (Å²) in [6, 6.07) is 15.7. The number of aromatic nitrogens is 1. The number of carbonyl (C=O) groups excluding carboxylic acids is 1. The van der Waals surface area contributed by atoms with E-state index in [0.717, 1.165) is 33.3 Å². The molecule has 0 saturated carbocycles. The van der Waals surface area contributed by atoms with E-state index in [1.807, 2.05) is 74.8 Å². The van der Waals surface area contributed by atoms with Gasteiger partial charge in [0, 0.05) is 19.0 Å². The van der Waals surface area contributed by atoms with Crippen LogP contribution in [0.4, 0.5) is 0 Å². The van der Waals surface area contributed by atoms with Gasteiger partial charge in [0.15, 0.2) is 0 Å². The van der Waals surface area contributed by atoms with Gasteiger partial charge in [-0.15, -0.1) is 11.3 Å². The van der Waals surface area contributed by atoms with Gasteiger partial charge < -0.3 is 14.4 Å². The van der Waals surface area contributed by atoms with Crippen molar-refractivity contribution in [1.29, 1.82) is 0 Å². The molecule has 6 heteroatoms. The van der Waals surface area contributed by atoms with Crippen LogP contribution in [0.3, 0.4) is 0 Å². The first-order valence-corrected chi connectivity index (χ1v) is 10.6. The largest absolute Gasteiger partial charge is 0.494 e. The topological polar surface area (TPSA) is 51.7 Å². The molecule has 0 saturated heterocycles. The maximum Gasteiger partial charge on any atom is 0.228 e. The van der Waals surface area contributed by atoms with Crippen LogP contribution in [0.1, 0.15) is 25.1 Å². The summed E-state index contributed by atoms with van der Waals surface area (Å²) in [5.41, 5.74) is 2.80. The molecule has 0 bridgehead atoms. The Labute approximate surface area is 175 Å². The van der Waals surface area contributed by atoms with Crippen molar-refractivity contribution in [3.05, 3.63) is 65.2 Å². The lowest BCUT2D eigenvalue weighted by Gasteiger charge is -2.17. The number of likely N-dealkylation sites (N-methyl/N-ethyl adjacent to an activating group) is 1. The average Bonchev–Trinajstić information content (AvgIpc) is 3.18. The highest BCUT2D eigenvalue weighted by Crippen LogP contribution is 2.32. The molecule has 2 aromatic carbocycles. The van der Waals surface area contributed by atoms with Crippen molar-refractivity contribution in [1.82, 2.24) is 9.88 Å². The van der Waals surface area contributed by atoms with Gasteiger partial charge in [-0.05, 0) is 43.7 Å². The smallest absolute Gasteiger partial charge is 0.228 e. The molecular formula is C23H26N2O3S. The summed E-state index contributed by atoms with van der Waals surface area (Å²) in [6.07, 6.45) is 0.279. The summed E-state index contributed by atoms with van der Waals surface area (Å²) in [6.45, 7) is 5.71. The van der Waals surface area contributed by atoms with Crippen molar-refractivity contribution in [2.24, 2.45) is 0 Å². The van der Waals surface area contributed by atoms with Crippen LogP contribution >= 0.6 is 11.3 Å². The second-order valence-electron chi connectivity index (χ2n) is 6.58. The van der Waals surface area contributed by atoms with E-state index in [4.69, 9.17) is 9.47 Å². The third-order valence-electron chi connectivity index (χ3n) is 4.38. The summed E-state index contributed by atoms with van der Waals surface area (Å²) < 4.78 is 11.2. The minimum atomic E-state index is 0.0360. The summed E-state index contributed by atoms with van der Waals surface area (Å²) in [5, 5.41) is 2.81. The normalized spacial score (nSPS) is 10.6. The maximum atomic E-state index is 12.6. The first-order chi connectivity index (χ1) is 14.1. The molecule has 3 rings (SSSR count). The van der Waals surface area contributed by atoms with Gasteiger partial charge in [0.25, 0.3) is 0 Å². The van der Waals surface area contributed by atoms with Crippen LogP contribution in [0.15, 0.2) is 53.9 Å². The first kappa shape index (κ1) is 20.9. The number of nitrogens with zero attached hydrogens (tertiary/aromatic N) is 2. The molecule has 0 radical (unpaired) electrons. The number of thiazole rings is 1. The van der Waals surface area contributed by atoms with Gasteiger partial charge in [-0.25, -0.2) is 4.98 Å². The quantitative estimate of drug-likeness (QED) is 0.508. The van der Waals surface area contributed by atoms with Crippen LogP contribution in [0, 0.1) is 0 Å². The number of amides is 1. The highest BCUT2D eigenvalue weighted by Gasteiger charge is 2.15. The maximum absolute atomic E-state index is 12.6.